The molecule has 5 nitrogen and oxygen atoms in total. The summed E-state index contributed by atoms with van der Waals surface area (Å²) in [5.74, 6) is -0.0688. The molecule has 1 heterocycles. The second-order valence-electron chi connectivity index (χ2n) is 9.24. The van der Waals surface area contributed by atoms with Gasteiger partial charge in [-0.05, 0) is 49.7 Å². The number of hydrogen-bond donors (Lipinski definition) is 1. The van der Waals surface area contributed by atoms with E-state index in [2.05, 4.69) is 4.98 Å². The molecule has 180 valence electrons. The van der Waals surface area contributed by atoms with Gasteiger partial charge in [0.05, 0.1) is 11.6 Å². The first kappa shape index (κ1) is 25.4. The number of nitrogens with zero attached hydrogens (tertiary/aromatic N) is 2. The fourth-order valence-electron chi connectivity index (χ4n) is 3.82. The summed E-state index contributed by atoms with van der Waals surface area (Å²) in [5, 5.41) is 10.1. The van der Waals surface area contributed by atoms with Crippen LogP contribution < -0.4 is 5.56 Å². The minimum Gasteiger partial charge on any atom is -0.491 e. The third kappa shape index (κ3) is 6.20. The van der Waals surface area contributed by atoms with Crippen LogP contribution in [-0.4, -0.2) is 33.0 Å². The maximum absolute atomic E-state index is 13.2. The Morgan fingerprint density at radius 2 is 1.94 bits per heavy atom. The maximum Gasteiger partial charge on any atom is 0.412 e. The minimum atomic E-state index is -4.35. The fourth-order valence-corrected chi connectivity index (χ4v) is 4.84. The Morgan fingerprint density at radius 3 is 2.55 bits per heavy atom. The predicted molar refractivity (Wildman–Crippen MR) is 123 cm³/mol. The highest BCUT2D eigenvalue weighted by molar-refractivity contribution is 8.03. The van der Waals surface area contributed by atoms with E-state index in [9.17, 15) is 23.1 Å². The van der Waals surface area contributed by atoms with Gasteiger partial charge in [0.1, 0.15) is 12.4 Å². The highest BCUT2D eigenvalue weighted by Crippen LogP contribution is 2.41. The highest BCUT2D eigenvalue weighted by atomic mass is 32.2. The molecule has 0 fully saturated rings. The topological polar surface area (TPSA) is 64.4 Å². The summed E-state index contributed by atoms with van der Waals surface area (Å²) in [6, 6.07) is -0.259. The van der Waals surface area contributed by atoms with Gasteiger partial charge in [0.2, 0.25) is 0 Å². The van der Waals surface area contributed by atoms with Crippen LogP contribution in [0.2, 0.25) is 0 Å². The summed E-state index contributed by atoms with van der Waals surface area (Å²) in [7, 11) is 0. The van der Waals surface area contributed by atoms with E-state index in [1.54, 1.807) is 24.6 Å². The van der Waals surface area contributed by atoms with Crippen LogP contribution in [0.1, 0.15) is 47.1 Å². The molecule has 0 spiro atoms. The fraction of sp³-hybridized carbons (Fsp3) is 0.500. The van der Waals surface area contributed by atoms with Crippen LogP contribution in [-0.2, 0) is 4.74 Å². The number of alkyl halides is 3. The van der Waals surface area contributed by atoms with Gasteiger partial charge in [-0.1, -0.05) is 43.8 Å². The zero-order valence-electron chi connectivity index (χ0n) is 19.3. The van der Waals surface area contributed by atoms with Gasteiger partial charge in [-0.2, -0.15) is 13.2 Å². The van der Waals surface area contributed by atoms with Crippen molar-refractivity contribution in [3.8, 4) is 0 Å². The van der Waals surface area contributed by atoms with Gasteiger partial charge in [-0.3, -0.25) is 4.79 Å². The molecule has 0 radical (unpaired) electrons. The van der Waals surface area contributed by atoms with Crippen molar-refractivity contribution < 1.29 is 23.0 Å². The lowest BCUT2D eigenvalue weighted by atomic mass is 9.92. The van der Waals surface area contributed by atoms with E-state index in [-0.39, 0.29) is 35.6 Å². The van der Waals surface area contributed by atoms with Gasteiger partial charge in [0.15, 0.2) is 5.03 Å². The Labute approximate surface area is 195 Å². The Morgan fingerprint density at radius 1 is 1.24 bits per heavy atom. The molecule has 3 unspecified atom stereocenters. The van der Waals surface area contributed by atoms with Crippen molar-refractivity contribution in [3.63, 3.8) is 0 Å². The van der Waals surface area contributed by atoms with Crippen molar-refractivity contribution in [1.29, 1.82) is 0 Å². The molecule has 2 aliphatic rings. The quantitative estimate of drug-likeness (QED) is 0.576. The zero-order chi connectivity index (χ0) is 24.6. The van der Waals surface area contributed by atoms with Crippen molar-refractivity contribution in [2.45, 2.75) is 63.9 Å². The van der Waals surface area contributed by atoms with Crippen LogP contribution in [0.5, 0.6) is 0 Å². The number of halogens is 3. The normalized spacial score (nSPS) is 24.0. The first-order chi connectivity index (χ1) is 15.3. The summed E-state index contributed by atoms with van der Waals surface area (Å²) < 4.78 is 46.6. The molecule has 3 rings (SSSR count). The molecule has 1 N–H and O–H groups in total. The summed E-state index contributed by atoms with van der Waals surface area (Å²) in [4.78, 5) is 18.0. The Hall–Kier alpha value is -2.26. The average Bonchev–Trinajstić information content (AvgIpc) is 2.68. The predicted octanol–water partition coefficient (Wildman–Crippen LogP) is 5.56. The van der Waals surface area contributed by atoms with Crippen LogP contribution >= 0.6 is 11.8 Å². The number of rotatable bonds is 6. The molecule has 3 atom stereocenters. The molecule has 9 heteroatoms. The molecule has 0 saturated heterocycles. The average molecular weight is 483 g/mol. The monoisotopic (exact) mass is 482 g/mol. The van der Waals surface area contributed by atoms with Crippen LogP contribution in [0.3, 0.4) is 0 Å². The molecule has 2 aliphatic carbocycles. The van der Waals surface area contributed by atoms with Gasteiger partial charge in [0.25, 0.3) is 5.56 Å². The van der Waals surface area contributed by atoms with E-state index in [1.807, 2.05) is 26.0 Å². The molecular weight excluding hydrogens is 453 g/mol. The largest absolute Gasteiger partial charge is 0.491 e. The van der Waals surface area contributed by atoms with E-state index in [4.69, 9.17) is 4.74 Å². The second-order valence-corrected chi connectivity index (χ2v) is 10.4. The summed E-state index contributed by atoms with van der Waals surface area (Å²) >= 11 is 1.12. The third-order valence-corrected chi connectivity index (χ3v) is 6.58. The van der Waals surface area contributed by atoms with E-state index >= 15 is 0 Å². The summed E-state index contributed by atoms with van der Waals surface area (Å²) in [5.41, 5.74) is -0.960. The second kappa shape index (κ2) is 9.54. The number of hydrogen-bond acceptors (Lipinski definition) is 5. The minimum absolute atomic E-state index is 0.0605. The SMILES string of the molecule is CC1=CC(n2ccnc(SC3=CC=C(C(F)(F)F)C(C)C3)c2=O)C(C)C=C1OCC(C)(C)O. The Balaban J connectivity index is 1.82. The number of thioether (sulfide) groups is 1. The van der Waals surface area contributed by atoms with Crippen molar-refractivity contribution >= 4 is 11.8 Å². The van der Waals surface area contributed by atoms with Crippen LogP contribution in [0.4, 0.5) is 13.2 Å². The van der Waals surface area contributed by atoms with Gasteiger partial charge in [-0.25, -0.2) is 4.98 Å². The molecule has 33 heavy (non-hydrogen) atoms. The number of aromatic nitrogens is 2. The number of aliphatic hydroxyl groups is 1. The number of allylic oxidation sites excluding steroid dienone is 7. The molecule has 0 saturated carbocycles. The van der Waals surface area contributed by atoms with E-state index < -0.39 is 23.3 Å². The maximum atomic E-state index is 13.2. The standard InChI is InChI=1S/C24H29F3N2O3S/c1-14-10-17(6-7-18(14)24(25,26)27)33-21-22(30)29(9-8-28-21)19-11-16(3)20(12-15(19)2)32-13-23(4,5)31/h6-9,11-12,14-15,19,31H,10,13H2,1-5H3. The van der Waals surface area contributed by atoms with Gasteiger partial charge < -0.3 is 14.4 Å². The Bertz CT molecular complexity index is 1080. The number of ether oxygens (including phenoxy) is 1. The van der Waals surface area contributed by atoms with Gasteiger partial charge in [-0.15, -0.1) is 0 Å². The Kier molecular flexibility index (Phi) is 7.33. The lowest BCUT2D eigenvalue weighted by molar-refractivity contribution is -0.0984. The van der Waals surface area contributed by atoms with E-state index in [0.29, 0.717) is 10.7 Å². The lowest BCUT2D eigenvalue weighted by Gasteiger charge is -2.29. The third-order valence-electron chi connectivity index (χ3n) is 5.54. The van der Waals surface area contributed by atoms with Crippen molar-refractivity contribution in [2.24, 2.45) is 11.8 Å². The molecule has 0 aliphatic heterocycles. The van der Waals surface area contributed by atoms with Gasteiger partial charge >= 0.3 is 6.18 Å². The first-order valence-electron chi connectivity index (χ1n) is 10.7. The molecule has 1 aromatic rings. The molecule has 0 bridgehead atoms. The zero-order valence-corrected chi connectivity index (χ0v) is 20.1. The van der Waals surface area contributed by atoms with Crippen molar-refractivity contribution in [2.75, 3.05) is 6.61 Å². The van der Waals surface area contributed by atoms with E-state index in [1.165, 1.54) is 19.2 Å². The molecule has 0 aromatic carbocycles. The molecular formula is C24H29F3N2O3S. The van der Waals surface area contributed by atoms with Crippen LogP contribution in [0.15, 0.2) is 68.3 Å². The van der Waals surface area contributed by atoms with Crippen molar-refractivity contribution in [1.82, 2.24) is 9.55 Å². The highest BCUT2D eigenvalue weighted by Gasteiger charge is 2.38. The molecule has 0 amide bonds. The lowest BCUT2D eigenvalue weighted by Crippen LogP contribution is -2.31. The smallest absolute Gasteiger partial charge is 0.412 e. The van der Waals surface area contributed by atoms with Crippen molar-refractivity contribution in [3.05, 3.63) is 68.9 Å². The summed E-state index contributed by atoms with van der Waals surface area (Å²) in [6.45, 7) is 8.87. The van der Waals surface area contributed by atoms with Gasteiger partial charge in [0, 0.05) is 23.9 Å². The molecule has 1 aromatic heterocycles. The first-order valence-corrected chi connectivity index (χ1v) is 11.6. The van der Waals surface area contributed by atoms with Crippen LogP contribution in [0, 0.1) is 11.8 Å². The van der Waals surface area contributed by atoms with E-state index in [0.717, 1.165) is 23.4 Å². The summed E-state index contributed by atoms with van der Waals surface area (Å²) in [6.07, 6.45) is 5.40. The van der Waals surface area contributed by atoms with Crippen LogP contribution in [0.25, 0.3) is 0 Å².